The molecular formula is C18H32Cl3P. The largest absolute Gasteiger partial charge is 1.00 e. The molecule has 4 heteroatoms. The van der Waals surface area contributed by atoms with Gasteiger partial charge in [0.15, 0.2) is 0 Å². The molecule has 1 aromatic carbocycles. The maximum atomic E-state index is 6.61. The van der Waals surface area contributed by atoms with E-state index in [0.717, 1.165) is 35.7 Å². The van der Waals surface area contributed by atoms with Gasteiger partial charge >= 0.3 is 0 Å². The van der Waals surface area contributed by atoms with E-state index in [4.69, 9.17) is 23.2 Å². The van der Waals surface area contributed by atoms with Crippen molar-refractivity contribution in [3.05, 3.63) is 32.8 Å². The highest BCUT2D eigenvalue weighted by Gasteiger charge is 2.14. The van der Waals surface area contributed by atoms with Gasteiger partial charge in [0, 0.05) is 10.0 Å². The predicted molar refractivity (Wildman–Crippen MR) is 105 cm³/mol. The lowest BCUT2D eigenvalue weighted by Gasteiger charge is -2.16. The van der Waals surface area contributed by atoms with Crippen LogP contribution in [-0.2, 0) is 19.3 Å². The van der Waals surface area contributed by atoms with E-state index in [1.165, 1.54) is 48.8 Å². The zero-order valence-electron chi connectivity index (χ0n) is 14.6. The van der Waals surface area contributed by atoms with Crippen molar-refractivity contribution in [1.29, 1.82) is 0 Å². The van der Waals surface area contributed by atoms with Gasteiger partial charge in [-0.1, -0.05) is 69.3 Å². The summed E-state index contributed by atoms with van der Waals surface area (Å²) in [5.74, 6) is 0. The molecule has 0 fully saturated rings. The number of unbranched alkanes of at least 4 members (excludes halogenated alkanes) is 3. The van der Waals surface area contributed by atoms with Crippen molar-refractivity contribution >= 4 is 33.1 Å². The first-order chi connectivity index (χ1) is 9.65. The van der Waals surface area contributed by atoms with Gasteiger partial charge in [0.25, 0.3) is 0 Å². The van der Waals surface area contributed by atoms with Crippen LogP contribution in [0.2, 0.25) is 10.0 Å². The van der Waals surface area contributed by atoms with Crippen molar-refractivity contribution in [3.8, 4) is 0 Å². The number of halogens is 3. The van der Waals surface area contributed by atoms with Crippen LogP contribution < -0.4 is 12.4 Å². The van der Waals surface area contributed by atoms with Gasteiger partial charge in [0.2, 0.25) is 0 Å². The standard InChI is InChI=1S/C18H28Cl2.ClH.H3P/c1-4-7-10-14-13-15(11-8-5-2)18(20)16(17(14)19)12-9-6-3;;/h13H,4-12H2,1-3H3;1H;1H3. The first-order valence-corrected chi connectivity index (χ1v) is 8.89. The minimum absolute atomic E-state index is 0. The number of rotatable bonds is 9. The van der Waals surface area contributed by atoms with Crippen molar-refractivity contribution in [3.63, 3.8) is 0 Å². The van der Waals surface area contributed by atoms with Gasteiger partial charge in [0.05, 0.1) is 0 Å². The first-order valence-electron chi connectivity index (χ1n) is 8.14. The summed E-state index contributed by atoms with van der Waals surface area (Å²) in [6.45, 7) is 6.65. The molecule has 0 heterocycles. The third-order valence-electron chi connectivity index (χ3n) is 3.82. The Morgan fingerprint density at radius 3 is 1.45 bits per heavy atom. The van der Waals surface area contributed by atoms with Crippen molar-refractivity contribution < 1.29 is 12.4 Å². The van der Waals surface area contributed by atoms with Crippen LogP contribution in [0.1, 0.15) is 76.0 Å². The summed E-state index contributed by atoms with van der Waals surface area (Å²) in [5, 5.41) is 1.86. The second-order valence-corrected chi connectivity index (χ2v) is 6.37. The van der Waals surface area contributed by atoms with Gasteiger partial charge < -0.3 is 12.4 Å². The van der Waals surface area contributed by atoms with Crippen molar-refractivity contribution in [1.82, 2.24) is 0 Å². The Bertz CT molecular complexity index is 387. The van der Waals surface area contributed by atoms with Crippen LogP contribution in [0.3, 0.4) is 0 Å². The first kappa shape index (κ1) is 24.8. The average Bonchev–Trinajstić information content (AvgIpc) is 2.45. The van der Waals surface area contributed by atoms with Crippen molar-refractivity contribution in [2.45, 2.75) is 78.6 Å². The lowest BCUT2D eigenvalue weighted by atomic mass is 9.96. The summed E-state index contributed by atoms with van der Waals surface area (Å²) in [6, 6.07) is 2.26. The van der Waals surface area contributed by atoms with Gasteiger partial charge in [-0.15, -0.1) is 0 Å². The lowest BCUT2D eigenvalue weighted by Crippen LogP contribution is -3.00. The second-order valence-electron chi connectivity index (χ2n) is 5.61. The highest BCUT2D eigenvalue weighted by atomic mass is 35.5. The van der Waals surface area contributed by atoms with Gasteiger partial charge in [-0.05, 0) is 65.1 Å². The van der Waals surface area contributed by atoms with E-state index in [0.29, 0.717) is 0 Å². The van der Waals surface area contributed by atoms with E-state index in [1.807, 2.05) is 0 Å². The normalized spacial score (nSPS) is 10.0. The smallest absolute Gasteiger partial charge is 0.0485 e. The summed E-state index contributed by atoms with van der Waals surface area (Å²) >= 11 is 13.2. The monoisotopic (exact) mass is 384 g/mol. The minimum atomic E-state index is 0. The molecule has 0 spiro atoms. The molecule has 0 N–H and O–H groups in total. The Balaban J connectivity index is 0. The maximum Gasteiger partial charge on any atom is 0.0485 e. The van der Waals surface area contributed by atoms with Gasteiger partial charge in [-0.2, -0.15) is 0 Å². The van der Waals surface area contributed by atoms with Crippen LogP contribution in [0.25, 0.3) is 0 Å². The highest BCUT2D eigenvalue weighted by Crippen LogP contribution is 2.34. The molecule has 0 aliphatic rings. The Hall–Kier alpha value is 0.520. The highest BCUT2D eigenvalue weighted by molar-refractivity contribution is 6.92. The SMILES string of the molecule is CCCCc1cc(CCCC)c(Cl)c(CCCC)c1Cl.[Cl-].[PH4+]. The van der Waals surface area contributed by atoms with Gasteiger partial charge in [-0.25, -0.2) is 0 Å². The quantitative estimate of drug-likeness (QED) is 0.567. The molecule has 0 nitrogen and oxygen atoms in total. The van der Waals surface area contributed by atoms with Crippen molar-refractivity contribution in [2.75, 3.05) is 0 Å². The van der Waals surface area contributed by atoms with Crippen LogP contribution in [-0.4, -0.2) is 0 Å². The van der Waals surface area contributed by atoms with Crippen LogP contribution >= 0.6 is 33.1 Å². The van der Waals surface area contributed by atoms with Crippen LogP contribution in [0.5, 0.6) is 0 Å². The number of benzene rings is 1. The summed E-state index contributed by atoms with van der Waals surface area (Å²) in [4.78, 5) is 0. The summed E-state index contributed by atoms with van der Waals surface area (Å²) < 4.78 is 0. The van der Waals surface area contributed by atoms with Crippen molar-refractivity contribution in [2.24, 2.45) is 0 Å². The molecule has 0 radical (unpaired) electrons. The Morgan fingerprint density at radius 2 is 1.09 bits per heavy atom. The average molecular weight is 386 g/mol. The Kier molecular flexibility index (Phi) is 15.7. The van der Waals surface area contributed by atoms with Crippen LogP contribution in [0, 0.1) is 0 Å². The maximum absolute atomic E-state index is 6.61. The van der Waals surface area contributed by atoms with E-state index in [1.54, 1.807) is 0 Å². The summed E-state index contributed by atoms with van der Waals surface area (Å²) in [6.07, 6.45) is 10.3. The molecule has 0 bridgehead atoms. The molecule has 1 aromatic rings. The molecule has 1 rings (SSSR count). The molecule has 0 aromatic heterocycles. The number of aryl methyl sites for hydroxylation is 2. The van der Waals surface area contributed by atoms with E-state index in [-0.39, 0.29) is 22.3 Å². The van der Waals surface area contributed by atoms with E-state index in [9.17, 15) is 0 Å². The third kappa shape index (κ3) is 7.39. The molecular weight excluding hydrogens is 354 g/mol. The fourth-order valence-corrected chi connectivity index (χ4v) is 3.22. The molecule has 22 heavy (non-hydrogen) atoms. The topological polar surface area (TPSA) is 0 Å². The molecule has 0 aliphatic carbocycles. The molecule has 0 saturated heterocycles. The molecule has 130 valence electrons. The van der Waals surface area contributed by atoms with Crippen LogP contribution in [0.15, 0.2) is 6.07 Å². The number of hydrogen-bond donors (Lipinski definition) is 0. The lowest BCUT2D eigenvalue weighted by molar-refractivity contribution is -0.00000436. The van der Waals surface area contributed by atoms with E-state index < -0.39 is 0 Å². The zero-order chi connectivity index (χ0) is 15.0. The molecule has 0 saturated carbocycles. The predicted octanol–water partition coefficient (Wildman–Crippen LogP) is 3.82. The van der Waals surface area contributed by atoms with E-state index >= 15 is 0 Å². The Morgan fingerprint density at radius 1 is 0.727 bits per heavy atom. The van der Waals surface area contributed by atoms with Crippen LogP contribution in [0.4, 0.5) is 0 Å². The fourth-order valence-electron chi connectivity index (χ4n) is 2.49. The minimum Gasteiger partial charge on any atom is -1.00 e. The number of hydrogen-bond acceptors (Lipinski definition) is 0. The summed E-state index contributed by atoms with van der Waals surface area (Å²) in [5.41, 5.74) is 3.79. The molecule has 1 atom stereocenters. The van der Waals surface area contributed by atoms with Gasteiger partial charge in [0.1, 0.15) is 0 Å². The molecule has 1 unspecified atom stereocenters. The molecule has 0 amide bonds. The second kappa shape index (κ2) is 13.9. The third-order valence-corrected chi connectivity index (χ3v) is 4.76. The Labute approximate surface area is 156 Å². The molecule has 0 aliphatic heterocycles. The summed E-state index contributed by atoms with van der Waals surface area (Å²) in [7, 11) is 0. The zero-order valence-corrected chi connectivity index (χ0v) is 18.8. The van der Waals surface area contributed by atoms with Gasteiger partial charge in [-0.3, -0.25) is 0 Å². The fraction of sp³-hybridized carbons (Fsp3) is 0.667. The van der Waals surface area contributed by atoms with E-state index in [2.05, 4.69) is 26.8 Å².